The minimum Gasteiger partial charge on any atom is -0.361 e. The molecule has 6 heteroatoms. The fourth-order valence-corrected chi connectivity index (χ4v) is 3.50. The zero-order valence-corrected chi connectivity index (χ0v) is 9.24. The Labute approximate surface area is 89.7 Å². The molecule has 1 atom stereocenters. The molecule has 5 nitrogen and oxygen atoms in total. The number of rotatable bonds is 3. The maximum atomic E-state index is 11.9. The summed E-state index contributed by atoms with van der Waals surface area (Å²) in [6.45, 7) is 0.890. The molecule has 0 aromatic heterocycles. The third kappa shape index (κ3) is 2.68. The summed E-state index contributed by atoms with van der Waals surface area (Å²) >= 11 is 0. The highest BCUT2D eigenvalue weighted by atomic mass is 32.2. The van der Waals surface area contributed by atoms with Crippen LogP contribution in [-0.4, -0.2) is 44.3 Å². The summed E-state index contributed by atoms with van der Waals surface area (Å²) in [6.07, 6.45) is 1.43. The van der Waals surface area contributed by atoms with E-state index in [0.29, 0.717) is 19.1 Å². The first-order valence-corrected chi connectivity index (χ1v) is 6.72. The molecule has 0 aromatic carbocycles. The number of nitriles is 1. The molecule has 2 fully saturated rings. The fraction of sp³-hybridized carbons (Fsp3) is 0.889. The molecule has 1 heterocycles. The Morgan fingerprint density at radius 3 is 2.80 bits per heavy atom. The maximum Gasteiger partial charge on any atom is 0.214 e. The van der Waals surface area contributed by atoms with Crippen LogP contribution >= 0.6 is 0 Å². The van der Waals surface area contributed by atoms with Crippen molar-refractivity contribution >= 4 is 10.0 Å². The molecule has 1 saturated carbocycles. The number of hydrogen-bond donors (Lipinski definition) is 0. The zero-order valence-electron chi connectivity index (χ0n) is 8.42. The molecule has 1 aliphatic carbocycles. The first-order valence-electron chi connectivity index (χ1n) is 5.11. The Morgan fingerprint density at radius 2 is 2.20 bits per heavy atom. The molecule has 0 bridgehead atoms. The molecule has 0 radical (unpaired) electrons. The molecule has 15 heavy (non-hydrogen) atoms. The first kappa shape index (κ1) is 10.9. The summed E-state index contributed by atoms with van der Waals surface area (Å²) < 4.78 is 30.2. The lowest BCUT2D eigenvalue weighted by Gasteiger charge is -2.28. The van der Waals surface area contributed by atoms with Crippen molar-refractivity contribution in [3.63, 3.8) is 0 Å². The molecular formula is C9H14N2O3S. The quantitative estimate of drug-likeness (QED) is 0.681. The van der Waals surface area contributed by atoms with Crippen molar-refractivity contribution in [2.45, 2.75) is 18.9 Å². The predicted octanol–water partition coefficient (Wildman–Crippen LogP) is -0.0494. The largest absolute Gasteiger partial charge is 0.361 e. The number of ether oxygens (including phenoxy) is 1. The summed E-state index contributed by atoms with van der Waals surface area (Å²) in [5, 5.41) is 8.67. The fourth-order valence-electron chi connectivity index (χ4n) is 1.64. The van der Waals surface area contributed by atoms with E-state index in [1.54, 1.807) is 0 Å². The summed E-state index contributed by atoms with van der Waals surface area (Å²) in [6, 6.07) is 1.95. The van der Waals surface area contributed by atoms with Crippen LogP contribution in [0.15, 0.2) is 0 Å². The van der Waals surface area contributed by atoms with Gasteiger partial charge in [0.2, 0.25) is 10.0 Å². The van der Waals surface area contributed by atoms with E-state index in [2.05, 4.69) is 0 Å². The van der Waals surface area contributed by atoms with E-state index in [1.165, 1.54) is 4.31 Å². The van der Waals surface area contributed by atoms with Gasteiger partial charge >= 0.3 is 0 Å². The molecule has 2 rings (SSSR count). The average molecular weight is 230 g/mol. The van der Waals surface area contributed by atoms with Gasteiger partial charge in [-0.25, -0.2) is 8.42 Å². The van der Waals surface area contributed by atoms with Crippen LogP contribution in [0.5, 0.6) is 0 Å². The van der Waals surface area contributed by atoms with Gasteiger partial charge in [-0.1, -0.05) is 0 Å². The van der Waals surface area contributed by atoms with Crippen LogP contribution < -0.4 is 0 Å². The van der Waals surface area contributed by atoms with Crippen LogP contribution in [0.4, 0.5) is 0 Å². The normalized spacial score (nSPS) is 28.6. The van der Waals surface area contributed by atoms with Crippen molar-refractivity contribution in [1.29, 1.82) is 5.26 Å². The summed E-state index contributed by atoms with van der Waals surface area (Å²) in [5.41, 5.74) is 0. The first-order chi connectivity index (χ1) is 7.12. The molecule has 0 amide bonds. The van der Waals surface area contributed by atoms with Gasteiger partial charge in [0.25, 0.3) is 0 Å². The minimum atomic E-state index is -3.16. The van der Waals surface area contributed by atoms with Crippen molar-refractivity contribution in [2.24, 2.45) is 5.92 Å². The van der Waals surface area contributed by atoms with E-state index in [0.717, 1.165) is 12.8 Å². The number of sulfonamides is 1. The molecule has 84 valence electrons. The Hall–Kier alpha value is -0.640. The summed E-state index contributed by atoms with van der Waals surface area (Å²) in [5.74, 6) is 0.587. The third-order valence-corrected chi connectivity index (χ3v) is 4.72. The highest BCUT2D eigenvalue weighted by Crippen LogP contribution is 2.31. The Kier molecular flexibility index (Phi) is 2.96. The minimum absolute atomic E-state index is 0.186. The second kappa shape index (κ2) is 4.08. The van der Waals surface area contributed by atoms with Crippen molar-refractivity contribution in [1.82, 2.24) is 4.31 Å². The van der Waals surface area contributed by atoms with Crippen LogP contribution in [-0.2, 0) is 14.8 Å². The molecule has 2 aliphatic rings. The van der Waals surface area contributed by atoms with E-state index in [-0.39, 0.29) is 12.3 Å². The third-order valence-electron chi connectivity index (χ3n) is 2.71. The molecule has 0 N–H and O–H groups in total. The van der Waals surface area contributed by atoms with E-state index < -0.39 is 16.1 Å². The van der Waals surface area contributed by atoms with E-state index >= 15 is 0 Å². The lowest BCUT2D eigenvalue weighted by molar-refractivity contribution is 0.0311. The highest BCUT2D eigenvalue weighted by molar-refractivity contribution is 7.89. The van der Waals surface area contributed by atoms with Gasteiger partial charge in [-0.3, -0.25) is 0 Å². The summed E-state index contributed by atoms with van der Waals surface area (Å²) in [4.78, 5) is 0. The van der Waals surface area contributed by atoms with Gasteiger partial charge in [-0.2, -0.15) is 9.57 Å². The highest BCUT2D eigenvalue weighted by Gasteiger charge is 2.34. The lowest BCUT2D eigenvalue weighted by Crippen LogP contribution is -2.46. The van der Waals surface area contributed by atoms with Gasteiger partial charge in [0.1, 0.15) is 0 Å². The number of morpholine rings is 1. The van der Waals surface area contributed by atoms with Gasteiger partial charge in [-0.05, 0) is 18.8 Å². The van der Waals surface area contributed by atoms with Crippen LogP contribution in [0.25, 0.3) is 0 Å². The molecule has 1 saturated heterocycles. The Morgan fingerprint density at radius 1 is 1.47 bits per heavy atom. The molecule has 0 aromatic rings. The second-order valence-corrected chi connectivity index (χ2v) is 6.08. The van der Waals surface area contributed by atoms with Gasteiger partial charge in [0.05, 0.1) is 25.0 Å². The second-order valence-electron chi connectivity index (χ2n) is 4.07. The molecule has 1 unspecified atom stereocenters. The molecule has 1 aliphatic heterocycles. The van der Waals surface area contributed by atoms with Gasteiger partial charge in [0, 0.05) is 6.54 Å². The number of nitrogens with zero attached hydrogens (tertiary/aromatic N) is 2. The van der Waals surface area contributed by atoms with Crippen LogP contribution in [0.2, 0.25) is 0 Å². The van der Waals surface area contributed by atoms with Gasteiger partial charge < -0.3 is 4.74 Å². The Balaban J connectivity index is 1.99. The predicted molar refractivity (Wildman–Crippen MR) is 53.4 cm³/mol. The zero-order chi connectivity index (χ0) is 10.9. The molecule has 0 spiro atoms. The van der Waals surface area contributed by atoms with Crippen LogP contribution in [0.3, 0.4) is 0 Å². The molecular weight excluding hydrogens is 216 g/mol. The SMILES string of the molecule is N#CC1CN(S(=O)(=O)CC2CC2)CCO1. The van der Waals surface area contributed by atoms with E-state index in [4.69, 9.17) is 10.00 Å². The van der Waals surface area contributed by atoms with Crippen molar-refractivity contribution < 1.29 is 13.2 Å². The standard InChI is InChI=1S/C9H14N2O3S/c10-5-9-6-11(3-4-14-9)15(12,13)7-8-1-2-8/h8-9H,1-4,6-7H2. The maximum absolute atomic E-state index is 11.9. The van der Waals surface area contributed by atoms with Crippen LogP contribution in [0, 0.1) is 17.2 Å². The van der Waals surface area contributed by atoms with E-state index in [9.17, 15) is 8.42 Å². The Bertz CT molecular complexity index is 369. The van der Waals surface area contributed by atoms with Gasteiger partial charge in [-0.15, -0.1) is 0 Å². The number of hydrogen-bond acceptors (Lipinski definition) is 4. The van der Waals surface area contributed by atoms with E-state index in [1.807, 2.05) is 6.07 Å². The smallest absolute Gasteiger partial charge is 0.214 e. The summed E-state index contributed by atoms with van der Waals surface area (Å²) in [7, 11) is -3.16. The van der Waals surface area contributed by atoms with Crippen molar-refractivity contribution in [2.75, 3.05) is 25.4 Å². The van der Waals surface area contributed by atoms with Crippen molar-refractivity contribution in [3.05, 3.63) is 0 Å². The van der Waals surface area contributed by atoms with Gasteiger partial charge in [0.15, 0.2) is 6.10 Å². The monoisotopic (exact) mass is 230 g/mol. The van der Waals surface area contributed by atoms with Crippen LogP contribution in [0.1, 0.15) is 12.8 Å². The topological polar surface area (TPSA) is 70.4 Å². The average Bonchev–Trinajstić information content (AvgIpc) is 3.01. The van der Waals surface area contributed by atoms with Crippen molar-refractivity contribution in [3.8, 4) is 6.07 Å². The lowest BCUT2D eigenvalue weighted by atomic mass is 10.3.